The number of aromatic nitrogens is 5. The molecule has 8 nitrogen and oxygen atoms in total. The van der Waals surface area contributed by atoms with Gasteiger partial charge in [-0.3, -0.25) is 10.4 Å². The van der Waals surface area contributed by atoms with Gasteiger partial charge in [0.05, 0.1) is 24.1 Å². The monoisotopic (exact) mass is 421 g/mol. The predicted octanol–water partition coefficient (Wildman–Crippen LogP) is 4.72. The van der Waals surface area contributed by atoms with Crippen LogP contribution in [0.3, 0.4) is 0 Å². The van der Waals surface area contributed by atoms with E-state index >= 15 is 0 Å². The molecule has 0 aliphatic carbocycles. The number of aromatic amines is 1. The van der Waals surface area contributed by atoms with Crippen LogP contribution < -0.4 is 10.6 Å². The lowest BCUT2D eigenvalue weighted by molar-refractivity contribution is 0.262. The molecule has 0 aliphatic rings. The van der Waals surface area contributed by atoms with Gasteiger partial charge in [0.25, 0.3) is 0 Å². The van der Waals surface area contributed by atoms with Gasteiger partial charge in [-0.05, 0) is 5.56 Å². The molecule has 0 atom stereocenters. The highest BCUT2D eigenvalue weighted by Crippen LogP contribution is 2.28. The number of rotatable bonds is 5. The van der Waals surface area contributed by atoms with Crippen LogP contribution in [0.5, 0.6) is 0 Å². The van der Waals surface area contributed by atoms with Gasteiger partial charge < -0.3 is 5.32 Å². The fourth-order valence-corrected chi connectivity index (χ4v) is 3.57. The van der Waals surface area contributed by atoms with Gasteiger partial charge in [0.1, 0.15) is 16.5 Å². The van der Waals surface area contributed by atoms with Gasteiger partial charge in [0.2, 0.25) is 0 Å². The Hall–Kier alpha value is -3.46. The summed E-state index contributed by atoms with van der Waals surface area (Å²) in [6.45, 7) is 6.84. The van der Waals surface area contributed by atoms with Gasteiger partial charge in [-0.2, -0.15) is 10.2 Å². The van der Waals surface area contributed by atoms with Crippen LogP contribution >= 0.6 is 11.3 Å². The summed E-state index contributed by atoms with van der Waals surface area (Å²) < 4.78 is 1.81. The lowest BCUT2D eigenvalue weighted by atomic mass is 9.92. The second-order valence-corrected chi connectivity index (χ2v) is 8.78. The molecule has 0 fully saturated rings. The maximum Gasteiger partial charge on any atom is 0.324 e. The van der Waals surface area contributed by atoms with Crippen LogP contribution in [0.25, 0.3) is 10.7 Å². The molecule has 4 aromatic rings. The van der Waals surface area contributed by atoms with Crippen molar-refractivity contribution in [3.05, 3.63) is 65.4 Å². The fraction of sp³-hybridized carbons (Fsp3) is 0.238. The van der Waals surface area contributed by atoms with Crippen molar-refractivity contribution in [2.75, 3.05) is 10.6 Å². The zero-order valence-corrected chi connectivity index (χ0v) is 17.8. The van der Waals surface area contributed by atoms with E-state index in [0.29, 0.717) is 23.7 Å². The number of amides is 2. The molecule has 0 radical (unpaired) electrons. The molecule has 4 rings (SSSR count). The molecule has 0 saturated carbocycles. The third kappa shape index (κ3) is 4.41. The minimum Gasteiger partial charge on any atom is -0.304 e. The van der Waals surface area contributed by atoms with E-state index in [4.69, 9.17) is 5.10 Å². The number of nitrogens with zero attached hydrogens (tertiary/aromatic N) is 4. The summed E-state index contributed by atoms with van der Waals surface area (Å²) in [5, 5.41) is 20.0. The number of hydrogen-bond donors (Lipinski definition) is 3. The zero-order chi connectivity index (χ0) is 21.1. The highest BCUT2D eigenvalue weighted by atomic mass is 32.1. The lowest BCUT2D eigenvalue weighted by Crippen LogP contribution is -2.22. The highest BCUT2D eigenvalue weighted by molar-refractivity contribution is 7.13. The van der Waals surface area contributed by atoms with Crippen molar-refractivity contribution in [2.24, 2.45) is 0 Å². The van der Waals surface area contributed by atoms with Crippen LogP contribution in [0, 0.1) is 0 Å². The van der Waals surface area contributed by atoms with Crippen LogP contribution in [0.4, 0.5) is 16.3 Å². The van der Waals surface area contributed by atoms with Gasteiger partial charge in [-0.25, -0.2) is 14.5 Å². The summed E-state index contributed by atoms with van der Waals surface area (Å²) in [7, 11) is 0. The summed E-state index contributed by atoms with van der Waals surface area (Å²) in [6, 6.07) is 11.6. The van der Waals surface area contributed by atoms with Crippen LogP contribution in [-0.4, -0.2) is 31.0 Å². The number of nitrogens with one attached hydrogen (secondary N) is 3. The van der Waals surface area contributed by atoms with Gasteiger partial charge in [0.15, 0.2) is 0 Å². The molecule has 0 unspecified atom stereocenters. The maximum absolute atomic E-state index is 12.7. The van der Waals surface area contributed by atoms with E-state index in [9.17, 15) is 4.79 Å². The molecule has 2 amide bonds. The van der Waals surface area contributed by atoms with E-state index in [1.54, 1.807) is 12.4 Å². The molecular weight excluding hydrogens is 398 g/mol. The Bertz CT molecular complexity index is 1120. The normalized spacial score (nSPS) is 11.4. The Labute approximate surface area is 178 Å². The minimum absolute atomic E-state index is 0.141. The molecule has 1 aromatic carbocycles. The number of urea groups is 1. The molecule has 3 heterocycles. The second-order valence-electron chi connectivity index (χ2n) is 7.88. The number of thiazole rings is 1. The largest absolute Gasteiger partial charge is 0.324 e. The molecule has 9 heteroatoms. The molecule has 0 bridgehead atoms. The predicted molar refractivity (Wildman–Crippen MR) is 119 cm³/mol. The SMILES string of the molecule is CC(C)(C)c1cc(NC(=O)Nc2cn[nH]c2-c2nccs2)n(Cc2ccccc2)n1. The molecule has 30 heavy (non-hydrogen) atoms. The van der Waals surface area contributed by atoms with Crippen LogP contribution in [-0.2, 0) is 12.0 Å². The average Bonchev–Trinajstić information content (AvgIpc) is 3.43. The Kier molecular flexibility index (Phi) is 5.37. The topological polar surface area (TPSA) is 101 Å². The van der Waals surface area contributed by atoms with Crippen molar-refractivity contribution < 1.29 is 4.79 Å². The van der Waals surface area contributed by atoms with E-state index in [1.165, 1.54) is 11.3 Å². The highest BCUT2D eigenvalue weighted by Gasteiger charge is 2.21. The van der Waals surface area contributed by atoms with Crippen molar-refractivity contribution in [3.8, 4) is 10.7 Å². The minimum atomic E-state index is -0.371. The van der Waals surface area contributed by atoms with Gasteiger partial charge in [-0.15, -0.1) is 11.3 Å². The third-order valence-electron chi connectivity index (χ3n) is 4.50. The van der Waals surface area contributed by atoms with E-state index < -0.39 is 0 Å². The number of anilines is 2. The quantitative estimate of drug-likeness (QED) is 0.434. The number of benzene rings is 1. The summed E-state index contributed by atoms with van der Waals surface area (Å²) in [4.78, 5) is 17.0. The number of H-pyrrole nitrogens is 1. The molecular formula is C21H23N7OS. The van der Waals surface area contributed by atoms with Gasteiger partial charge in [-0.1, -0.05) is 51.1 Å². The molecule has 3 aromatic heterocycles. The summed E-state index contributed by atoms with van der Waals surface area (Å²) in [5.74, 6) is 0.626. The number of carbonyl (C=O) groups is 1. The molecule has 154 valence electrons. The van der Waals surface area contributed by atoms with Crippen molar-refractivity contribution in [1.29, 1.82) is 0 Å². The first-order valence-corrected chi connectivity index (χ1v) is 10.4. The van der Waals surface area contributed by atoms with Crippen molar-refractivity contribution >= 4 is 28.9 Å². The smallest absolute Gasteiger partial charge is 0.304 e. The first kappa shape index (κ1) is 19.8. The van der Waals surface area contributed by atoms with E-state index in [2.05, 4.69) is 46.6 Å². The molecule has 0 saturated heterocycles. The Balaban J connectivity index is 1.55. The van der Waals surface area contributed by atoms with Crippen LogP contribution in [0.2, 0.25) is 0 Å². The van der Waals surface area contributed by atoms with Crippen LogP contribution in [0.15, 0.2) is 54.2 Å². The molecule has 0 spiro atoms. The molecule has 3 N–H and O–H groups in total. The molecule has 0 aliphatic heterocycles. The Morgan fingerprint density at radius 1 is 1.20 bits per heavy atom. The summed E-state index contributed by atoms with van der Waals surface area (Å²) >= 11 is 1.47. The Morgan fingerprint density at radius 2 is 2.00 bits per heavy atom. The summed E-state index contributed by atoms with van der Waals surface area (Å²) in [6.07, 6.45) is 3.28. The van der Waals surface area contributed by atoms with Crippen molar-refractivity contribution in [3.63, 3.8) is 0 Å². The zero-order valence-electron chi connectivity index (χ0n) is 17.0. The van der Waals surface area contributed by atoms with E-state index in [0.717, 1.165) is 16.3 Å². The second kappa shape index (κ2) is 8.11. The maximum atomic E-state index is 12.7. The average molecular weight is 422 g/mol. The third-order valence-corrected chi connectivity index (χ3v) is 5.29. The van der Waals surface area contributed by atoms with Crippen molar-refractivity contribution in [2.45, 2.75) is 32.7 Å². The van der Waals surface area contributed by atoms with Crippen molar-refractivity contribution in [1.82, 2.24) is 25.0 Å². The first-order valence-electron chi connectivity index (χ1n) is 9.53. The number of carbonyl (C=O) groups excluding carboxylic acids is 1. The van der Waals surface area contributed by atoms with E-state index in [-0.39, 0.29) is 11.4 Å². The van der Waals surface area contributed by atoms with Gasteiger partial charge >= 0.3 is 6.03 Å². The first-order chi connectivity index (χ1) is 14.4. The summed E-state index contributed by atoms with van der Waals surface area (Å²) in [5.41, 5.74) is 3.10. The van der Waals surface area contributed by atoms with Crippen LogP contribution in [0.1, 0.15) is 32.0 Å². The fourth-order valence-electron chi connectivity index (χ4n) is 2.92. The number of hydrogen-bond acceptors (Lipinski definition) is 5. The lowest BCUT2D eigenvalue weighted by Gasteiger charge is -2.14. The standard InChI is InChI=1S/C21H23N7OS/c1-21(2,3)16-11-17(28(27-16)13-14-7-5-4-6-8-14)25-20(29)24-15-12-23-26-18(15)19-22-9-10-30-19/h4-12H,13H2,1-3H3,(H,23,26)(H2,24,25,29). The van der Waals surface area contributed by atoms with E-state index in [1.807, 2.05) is 46.5 Å². The van der Waals surface area contributed by atoms with Gasteiger partial charge in [0, 0.05) is 23.1 Å². The Morgan fingerprint density at radius 3 is 2.70 bits per heavy atom.